The number of piperazine rings is 1. The number of carbonyl (C=O) groups is 2. The van der Waals surface area contributed by atoms with Crippen LogP contribution in [0.2, 0.25) is 0 Å². The quantitative estimate of drug-likeness (QED) is 0.539. The molecule has 2 aliphatic heterocycles. The molecule has 2 N–H and O–H groups in total. The van der Waals surface area contributed by atoms with E-state index in [4.69, 9.17) is 0 Å². The predicted octanol–water partition coefficient (Wildman–Crippen LogP) is -0.102. The lowest BCUT2D eigenvalue weighted by molar-refractivity contribution is -1.02. The first kappa shape index (κ1) is 20.1. The fraction of sp³-hybridized carbons (Fsp3) is 0.524. The van der Waals surface area contributed by atoms with Crippen molar-refractivity contribution >= 4 is 11.8 Å². The number of nitrogens with zero attached hydrogens (tertiary/aromatic N) is 1. The summed E-state index contributed by atoms with van der Waals surface area (Å²) in [6.45, 7) is 4.14. The number of hydrogen-bond acceptors (Lipinski definition) is 2. The topological polar surface area (TPSA) is 46.3 Å². The average molecular weight is 409 g/mol. The Morgan fingerprint density at radius 1 is 0.931 bits per heavy atom. The molecule has 0 unspecified atom stereocenters. The molecule has 2 atom stereocenters. The summed E-state index contributed by atoms with van der Waals surface area (Å²) in [5, 5.41) is 0. The van der Waals surface area contributed by atoms with Gasteiger partial charge in [-0.15, -0.1) is 0 Å². The summed E-state index contributed by atoms with van der Waals surface area (Å²) in [6.07, 6.45) is 0.943. The Morgan fingerprint density at radius 3 is 2.10 bits per heavy atom. The number of halogens is 3. The van der Waals surface area contributed by atoms with Crippen molar-refractivity contribution in [3.05, 3.63) is 47.5 Å². The summed E-state index contributed by atoms with van der Waals surface area (Å²) in [5.41, 5.74) is 0.0698. The van der Waals surface area contributed by atoms with E-state index in [1.54, 1.807) is 6.07 Å². The SMILES string of the molecule is O=C1[C@H]2CC=CC[C@H]2C(=O)N1C[NH+]1CC[NH+](Cc2cccc(C(F)(F)F)c2)CC1. The number of alkyl halides is 3. The Kier molecular flexibility index (Phi) is 5.48. The maximum atomic E-state index is 12.9. The normalized spacial score (nSPS) is 30.0. The molecule has 8 heteroatoms. The highest BCUT2D eigenvalue weighted by atomic mass is 19.4. The molecule has 2 saturated heterocycles. The van der Waals surface area contributed by atoms with Gasteiger partial charge in [0.15, 0.2) is 6.67 Å². The highest BCUT2D eigenvalue weighted by Gasteiger charge is 2.48. The number of likely N-dealkylation sites (tertiary alicyclic amines) is 1. The number of nitrogens with one attached hydrogen (secondary N) is 2. The fourth-order valence-corrected chi connectivity index (χ4v) is 4.69. The molecule has 29 heavy (non-hydrogen) atoms. The molecule has 0 spiro atoms. The van der Waals surface area contributed by atoms with E-state index in [-0.39, 0.29) is 23.7 Å². The molecule has 0 radical (unpaired) electrons. The summed E-state index contributed by atoms with van der Waals surface area (Å²) in [7, 11) is 0. The van der Waals surface area contributed by atoms with Crippen molar-refractivity contribution in [1.29, 1.82) is 0 Å². The van der Waals surface area contributed by atoms with E-state index in [2.05, 4.69) is 0 Å². The van der Waals surface area contributed by atoms with Crippen molar-refractivity contribution in [2.75, 3.05) is 32.8 Å². The third kappa shape index (κ3) is 4.23. The van der Waals surface area contributed by atoms with E-state index in [0.29, 0.717) is 31.6 Å². The summed E-state index contributed by atoms with van der Waals surface area (Å²) in [4.78, 5) is 29.1. The van der Waals surface area contributed by atoms with Crippen LogP contribution in [0.5, 0.6) is 0 Å². The van der Waals surface area contributed by atoms with Crippen molar-refractivity contribution in [3.8, 4) is 0 Å². The van der Waals surface area contributed by atoms with E-state index in [1.807, 2.05) is 12.2 Å². The smallest absolute Gasteiger partial charge is 0.322 e. The molecular formula is C21H26F3N3O2+2. The first-order valence-corrected chi connectivity index (χ1v) is 10.2. The van der Waals surface area contributed by atoms with E-state index >= 15 is 0 Å². The van der Waals surface area contributed by atoms with Crippen molar-refractivity contribution in [2.45, 2.75) is 25.6 Å². The van der Waals surface area contributed by atoms with E-state index in [9.17, 15) is 22.8 Å². The van der Waals surface area contributed by atoms with E-state index in [1.165, 1.54) is 26.8 Å². The van der Waals surface area contributed by atoms with Gasteiger partial charge in [-0.05, 0) is 25.0 Å². The molecule has 2 fully saturated rings. The number of imide groups is 1. The monoisotopic (exact) mass is 409 g/mol. The van der Waals surface area contributed by atoms with Gasteiger partial charge in [0.2, 0.25) is 11.8 Å². The van der Waals surface area contributed by atoms with E-state index < -0.39 is 11.7 Å². The van der Waals surface area contributed by atoms with Crippen LogP contribution in [0.15, 0.2) is 36.4 Å². The van der Waals surface area contributed by atoms with Crippen LogP contribution < -0.4 is 9.80 Å². The maximum absolute atomic E-state index is 12.9. The second-order valence-electron chi connectivity index (χ2n) is 8.29. The molecule has 2 heterocycles. The third-order valence-electron chi connectivity index (χ3n) is 6.35. The van der Waals surface area contributed by atoms with Crippen LogP contribution in [0.25, 0.3) is 0 Å². The van der Waals surface area contributed by atoms with Crippen LogP contribution in [0.3, 0.4) is 0 Å². The predicted molar refractivity (Wildman–Crippen MR) is 98.6 cm³/mol. The molecule has 0 bridgehead atoms. The second-order valence-corrected chi connectivity index (χ2v) is 8.29. The van der Waals surface area contributed by atoms with Crippen molar-refractivity contribution in [2.24, 2.45) is 11.8 Å². The number of rotatable bonds is 4. The standard InChI is InChI=1S/C21H24F3N3O2/c22-21(23,24)16-5-3-4-15(12-16)13-25-8-10-26(11-9-25)14-27-19(28)17-6-1-2-7-18(17)20(27)29/h1-5,12,17-18H,6-11,13-14H2/p+2/t17-,18+. The zero-order valence-corrected chi connectivity index (χ0v) is 16.2. The van der Waals surface area contributed by atoms with Crippen LogP contribution in [-0.2, 0) is 22.3 Å². The van der Waals surface area contributed by atoms with Gasteiger partial charge in [-0.25, -0.2) is 4.90 Å². The third-order valence-corrected chi connectivity index (χ3v) is 6.35. The summed E-state index contributed by atoms with van der Waals surface area (Å²) in [5.74, 6) is -0.481. The van der Waals surface area contributed by atoms with Crippen molar-refractivity contribution < 1.29 is 32.6 Å². The lowest BCUT2D eigenvalue weighted by atomic mass is 9.85. The Labute approximate surface area is 167 Å². The highest BCUT2D eigenvalue weighted by molar-refractivity contribution is 6.05. The van der Waals surface area contributed by atoms with Gasteiger partial charge in [-0.1, -0.05) is 24.3 Å². The number of carbonyl (C=O) groups excluding carboxylic acids is 2. The number of benzene rings is 1. The Balaban J connectivity index is 1.30. The summed E-state index contributed by atoms with van der Waals surface area (Å²) < 4.78 is 38.7. The van der Waals surface area contributed by atoms with Crippen LogP contribution in [0.1, 0.15) is 24.0 Å². The summed E-state index contributed by atoms with van der Waals surface area (Å²) >= 11 is 0. The molecule has 2 amide bonds. The minimum Gasteiger partial charge on any atom is -0.322 e. The maximum Gasteiger partial charge on any atom is 0.416 e. The molecule has 1 aromatic rings. The molecule has 156 valence electrons. The van der Waals surface area contributed by atoms with Gasteiger partial charge < -0.3 is 9.80 Å². The van der Waals surface area contributed by atoms with Crippen molar-refractivity contribution in [3.63, 3.8) is 0 Å². The molecule has 5 nitrogen and oxygen atoms in total. The minimum atomic E-state index is -4.32. The van der Waals surface area contributed by atoms with Crippen LogP contribution in [-0.4, -0.2) is 49.6 Å². The zero-order valence-electron chi connectivity index (χ0n) is 16.2. The van der Waals surface area contributed by atoms with Gasteiger partial charge in [-0.2, -0.15) is 13.2 Å². The molecule has 4 rings (SSSR count). The fourth-order valence-electron chi connectivity index (χ4n) is 4.69. The molecular weight excluding hydrogens is 383 g/mol. The first-order chi connectivity index (χ1) is 13.8. The number of allylic oxidation sites excluding steroid dienone is 2. The average Bonchev–Trinajstić information content (AvgIpc) is 2.94. The molecule has 0 aromatic heterocycles. The number of fused-ring (bicyclic) bond motifs is 1. The lowest BCUT2D eigenvalue weighted by Gasteiger charge is -2.31. The minimum absolute atomic E-state index is 0.0457. The second kappa shape index (κ2) is 7.91. The molecule has 1 aliphatic carbocycles. The Morgan fingerprint density at radius 2 is 1.52 bits per heavy atom. The van der Waals surface area contributed by atoms with E-state index in [0.717, 1.165) is 32.2 Å². The van der Waals surface area contributed by atoms with Gasteiger partial charge in [0, 0.05) is 5.56 Å². The first-order valence-electron chi connectivity index (χ1n) is 10.2. The van der Waals surface area contributed by atoms with Gasteiger partial charge >= 0.3 is 6.18 Å². The summed E-state index contributed by atoms with van der Waals surface area (Å²) in [6, 6.07) is 5.51. The number of hydrogen-bond donors (Lipinski definition) is 2. The Hall–Kier alpha value is -2.19. The molecule has 1 aromatic carbocycles. The molecule has 0 saturated carbocycles. The number of quaternary nitrogens is 2. The number of amides is 2. The van der Waals surface area contributed by atoms with Gasteiger partial charge in [0.1, 0.15) is 32.7 Å². The largest absolute Gasteiger partial charge is 0.416 e. The van der Waals surface area contributed by atoms with Crippen LogP contribution >= 0.6 is 0 Å². The van der Waals surface area contributed by atoms with Gasteiger partial charge in [0.25, 0.3) is 0 Å². The lowest BCUT2D eigenvalue weighted by Crippen LogP contribution is -3.28. The molecule has 3 aliphatic rings. The van der Waals surface area contributed by atoms with Crippen LogP contribution in [0, 0.1) is 11.8 Å². The van der Waals surface area contributed by atoms with Gasteiger partial charge in [-0.3, -0.25) is 9.59 Å². The zero-order chi connectivity index (χ0) is 20.6. The van der Waals surface area contributed by atoms with Crippen molar-refractivity contribution in [1.82, 2.24) is 4.90 Å². The Bertz CT molecular complexity index is 790. The van der Waals surface area contributed by atoms with Crippen LogP contribution in [0.4, 0.5) is 13.2 Å². The highest BCUT2D eigenvalue weighted by Crippen LogP contribution is 2.34. The van der Waals surface area contributed by atoms with Gasteiger partial charge in [0.05, 0.1) is 17.4 Å².